The topological polar surface area (TPSA) is 71.5 Å². The van der Waals surface area contributed by atoms with Crippen molar-refractivity contribution in [1.82, 2.24) is 10.3 Å². The molecule has 2 aromatic rings. The Morgan fingerprint density at radius 2 is 2.14 bits per heavy atom. The normalized spacial score (nSPS) is 18.0. The van der Waals surface area contributed by atoms with Crippen LogP contribution in [0.5, 0.6) is 5.75 Å². The summed E-state index contributed by atoms with van der Waals surface area (Å²) in [6.45, 7) is 2.25. The molecule has 1 aromatic carbocycles. The van der Waals surface area contributed by atoms with E-state index in [0.717, 1.165) is 17.0 Å². The molecule has 0 aliphatic carbocycles. The molecule has 22 heavy (non-hydrogen) atoms. The second-order valence-corrected chi connectivity index (χ2v) is 5.35. The van der Waals surface area contributed by atoms with Gasteiger partial charge in [0.05, 0.1) is 18.8 Å². The van der Waals surface area contributed by atoms with Crippen molar-refractivity contribution in [3.05, 3.63) is 59.4 Å². The fourth-order valence-corrected chi connectivity index (χ4v) is 2.51. The van der Waals surface area contributed by atoms with E-state index in [9.17, 15) is 9.90 Å². The van der Waals surface area contributed by atoms with Crippen molar-refractivity contribution >= 4 is 5.91 Å². The van der Waals surface area contributed by atoms with E-state index in [1.807, 2.05) is 12.1 Å². The van der Waals surface area contributed by atoms with Crippen LogP contribution in [0.15, 0.2) is 42.6 Å². The summed E-state index contributed by atoms with van der Waals surface area (Å²) in [5.41, 5.74) is 2.12. The van der Waals surface area contributed by atoms with Crippen LogP contribution < -0.4 is 10.1 Å². The molecule has 2 heterocycles. The SMILES string of the molecule is CC(O)c1ccc(C(=O)NC2CCOc3cccnc32)cc1. The van der Waals surface area contributed by atoms with Gasteiger partial charge in [-0.05, 0) is 36.8 Å². The van der Waals surface area contributed by atoms with E-state index in [0.29, 0.717) is 18.6 Å². The Kier molecular flexibility index (Phi) is 4.06. The number of hydrogen-bond donors (Lipinski definition) is 2. The number of benzene rings is 1. The number of rotatable bonds is 3. The maximum absolute atomic E-state index is 12.4. The highest BCUT2D eigenvalue weighted by molar-refractivity contribution is 5.94. The van der Waals surface area contributed by atoms with Crippen molar-refractivity contribution in [2.24, 2.45) is 0 Å². The summed E-state index contributed by atoms with van der Waals surface area (Å²) < 4.78 is 5.54. The van der Waals surface area contributed by atoms with Crippen molar-refractivity contribution in [2.75, 3.05) is 6.61 Å². The maximum atomic E-state index is 12.4. The molecule has 0 radical (unpaired) electrons. The first-order chi connectivity index (χ1) is 10.6. The quantitative estimate of drug-likeness (QED) is 0.912. The number of nitrogens with zero attached hydrogens (tertiary/aromatic N) is 1. The van der Waals surface area contributed by atoms with Crippen molar-refractivity contribution in [3.63, 3.8) is 0 Å². The van der Waals surface area contributed by atoms with Gasteiger partial charge in [0.25, 0.3) is 5.91 Å². The number of amides is 1. The van der Waals surface area contributed by atoms with Gasteiger partial charge < -0.3 is 15.2 Å². The van der Waals surface area contributed by atoms with Crippen molar-refractivity contribution < 1.29 is 14.6 Å². The second kappa shape index (κ2) is 6.15. The van der Waals surface area contributed by atoms with Gasteiger partial charge in [-0.25, -0.2) is 0 Å². The van der Waals surface area contributed by atoms with Gasteiger partial charge in [-0.1, -0.05) is 12.1 Å². The maximum Gasteiger partial charge on any atom is 0.251 e. The monoisotopic (exact) mass is 298 g/mol. The lowest BCUT2D eigenvalue weighted by Gasteiger charge is -2.25. The number of nitrogens with one attached hydrogen (secondary N) is 1. The summed E-state index contributed by atoms with van der Waals surface area (Å²) in [6, 6.07) is 10.5. The van der Waals surface area contributed by atoms with Gasteiger partial charge in [-0.15, -0.1) is 0 Å². The van der Waals surface area contributed by atoms with E-state index in [2.05, 4.69) is 10.3 Å². The highest BCUT2D eigenvalue weighted by Gasteiger charge is 2.24. The largest absolute Gasteiger partial charge is 0.491 e. The minimum atomic E-state index is -0.538. The van der Waals surface area contributed by atoms with Crippen LogP contribution in [0, 0.1) is 0 Å². The molecule has 2 N–H and O–H groups in total. The molecule has 1 aliphatic rings. The third-order valence-corrected chi connectivity index (χ3v) is 3.75. The molecule has 114 valence electrons. The molecule has 2 unspecified atom stereocenters. The molecule has 5 heteroatoms. The highest BCUT2D eigenvalue weighted by Crippen LogP contribution is 2.29. The highest BCUT2D eigenvalue weighted by atomic mass is 16.5. The van der Waals surface area contributed by atoms with Gasteiger partial charge in [0.2, 0.25) is 0 Å². The molecule has 0 saturated heterocycles. The Hall–Kier alpha value is -2.40. The van der Waals surface area contributed by atoms with E-state index in [-0.39, 0.29) is 11.9 Å². The first kappa shape index (κ1) is 14.5. The van der Waals surface area contributed by atoms with Gasteiger partial charge in [0.15, 0.2) is 0 Å². The number of carbonyl (C=O) groups excluding carboxylic acids is 1. The standard InChI is InChI=1S/C17H18N2O3/c1-11(20)12-4-6-13(7-5-12)17(21)19-14-8-10-22-15-3-2-9-18-16(14)15/h2-7,9,11,14,20H,8,10H2,1H3,(H,19,21). The van der Waals surface area contributed by atoms with Crippen LogP contribution >= 0.6 is 0 Å². The van der Waals surface area contributed by atoms with E-state index in [1.54, 1.807) is 37.4 Å². The summed E-state index contributed by atoms with van der Waals surface area (Å²) in [7, 11) is 0. The van der Waals surface area contributed by atoms with Crippen LogP contribution in [-0.2, 0) is 0 Å². The molecule has 2 atom stereocenters. The Bertz CT molecular complexity index is 668. The zero-order valence-electron chi connectivity index (χ0n) is 12.3. The average molecular weight is 298 g/mol. The number of pyridine rings is 1. The van der Waals surface area contributed by atoms with Crippen LogP contribution in [0.1, 0.15) is 47.1 Å². The second-order valence-electron chi connectivity index (χ2n) is 5.35. The lowest BCUT2D eigenvalue weighted by molar-refractivity contribution is 0.0923. The molecular weight excluding hydrogens is 280 g/mol. The van der Waals surface area contributed by atoms with Crippen molar-refractivity contribution in [3.8, 4) is 5.75 Å². The molecule has 0 saturated carbocycles. The van der Waals surface area contributed by atoms with E-state index in [1.165, 1.54) is 0 Å². The molecule has 0 fully saturated rings. The Morgan fingerprint density at radius 1 is 1.36 bits per heavy atom. The van der Waals surface area contributed by atoms with Crippen LogP contribution in [0.2, 0.25) is 0 Å². The molecule has 0 spiro atoms. The lowest BCUT2D eigenvalue weighted by Crippen LogP contribution is -2.32. The predicted molar refractivity (Wildman–Crippen MR) is 81.6 cm³/mol. The Morgan fingerprint density at radius 3 is 2.86 bits per heavy atom. The smallest absolute Gasteiger partial charge is 0.251 e. The van der Waals surface area contributed by atoms with Gasteiger partial charge in [-0.3, -0.25) is 9.78 Å². The molecule has 1 aliphatic heterocycles. The predicted octanol–water partition coefficient (Wildman–Crippen LogP) is 2.39. The molecule has 1 amide bonds. The summed E-state index contributed by atoms with van der Waals surface area (Å²) >= 11 is 0. The number of aromatic nitrogens is 1. The summed E-state index contributed by atoms with van der Waals surface area (Å²) in [5.74, 6) is 0.573. The number of carbonyl (C=O) groups is 1. The zero-order valence-corrected chi connectivity index (χ0v) is 12.3. The molecule has 0 bridgehead atoms. The Balaban J connectivity index is 1.75. The average Bonchev–Trinajstić information content (AvgIpc) is 2.55. The molecular formula is C17H18N2O3. The summed E-state index contributed by atoms with van der Waals surface area (Å²) in [5, 5.41) is 12.5. The van der Waals surface area contributed by atoms with Crippen LogP contribution in [0.4, 0.5) is 0 Å². The third kappa shape index (κ3) is 2.94. The number of hydrogen-bond acceptors (Lipinski definition) is 4. The van der Waals surface area contributed by atoms with E-state index >= 15 is 0 Å². The number of ether oxygens (including phenoxy) is 1. The first-order valence-electron chi connectivity index (χ1n) is 7.32. The van der Waals surface area contributed by atoms with Crippen molar-refractivity contribution in [1.29, 1.82) is 0 Å². The van der Waals surface area contributed by atoms with Gasteiger partial charge in [0.1, 0.15) is 11.4 Å². The summed E-state index contributed by atoms with van der Waals surface area (Å²) in [4.78, 5) is 16.7. The van der Waals surface area contributed by atoms with Crippen LogP contribution in [0.3, 0.4) is 0 Å². The number of fused-ring (bicyclic) bond motifs is 1. The van der Waals surface area contributed by atoms with Gasteiger partial charge in [-0.2, -0.15) is 0 Å². The van der Waals surface area contributed by atoms with Gasteiger partial charge >= 0.3 is 0 Å². The zero-order chi connectivity index (χ0) is 15.5. The minimum absolute atomic E-state index is 0.145. The molecule has 3 rings (SSSR count). The fraction of sp³-hybridized carbons (Fsp3) is 0.294. The number of aliphatic hydroxyl groups is 1. The fourth-order valence-electron chi connectivity index (χ4n) is 2.51. The minimum Gasteiger partial charge on any atom is -0.491 e. The first-order valence-corrected chi connectivity index (χ1v) is 7.32. The molecule has 1 aromatic heterocycles. The summed E-state index contributed by atoms with van der Waals surface area (Å²) in [6.07, 6.45) is 1.86. The van der Waals surface area contributed by atoms with Gasteiger partial charge in [0, 0.05) is 18.2 Å². The molecule has 5 nitrogen and oxygen atoms in total. The number of aliphatic hydroxyl groups excluding tert-OH is 1. The third-order valence-electron chi connectivity index (χ3n) is 3.75. The van der Waals surface area contributed by atoms with Crippen molar-refractivity contribution in [2.45, 2.75) is 25.5 Å². The lowest BCUT2D eigenvalue weighted by atomic mass is 10.0. The van der Waals surface area contributed by atoms with Crippen LogP contribution in [0.25, 0.3) is 0 Å². The Labute approximate surface area is 129 Å². The van der Waals surface area contributed by atoms with Crippen LogP contribution in [-0.4, -0.2) is 22.6 Å². The van der Waals surface area contributed by atoms with E-state index in [4.69, 9.17) is 4.74 Å². The van der Waals surface area contributed by atoms with E-state index < -0.39 is 6.10 Å².